The Kier molecular flexibility index (Phi) is 5.56. The van der Waals surface area contributed by atoms with Gasteiger partial charge in [0.25, 0.3) is 5.91 Å². The highest BCUT2D eigenvalue weighted by molar-refractivity contribution is 6.31. The van der Waals surface area contributed by atoms with Crippen LogP contribution in [0.25, 0.3) is 0 Å². The lowest BCUT2D eigenvalue weighted by Gasteiger charge is -2.28. The Balaban J connectivity index is 1.70. The predicted octanol–water partition coefficient (Wildman–Crippen LogP) is 2.11. The Labute approximate surface area is 157 Å². The molecule has 1 aliphatic heterocycles. The number of hydrogen-bond donors (Lipinski definition) is 1. The number of carbonyl (C=O) groups is 2. The van der Waals surface area contributed by atoms with Gasteiger partial charge in [0.15, 0.2) is 5.69 Å². The molecule has 0 bridgehead atoms. The van der Waals surface area contributed by atoms with Gasteiger partial charge in [-0.3, -0.25) is 9.59 Å². The highest BCUT2D eigenvalue weighted by atomic mass is 35.5. The van der Waals surface area contributed by atoms with Crippen LogP contribution in [0.15, 0.2) is 30.5 Å². The van der Waals surface area contributed by atoms with E-state index in [1.807, 2.05) is 38.1 Å². The van der Waals surface area contributed by atoms with Crippen molar-refractivity contribution in [2.24, 2.45) is 0 Å². The predicted molar refractivity (Wildman–Crippen MR) is 97.9 cm³/mol. The van der Waals surface area contributed by atoms with Crippen molar-refractivity contribution < 1.29 is 9.59 Å². The molecule has 1 saturated heterocycles. The Hall–Kier alpha value is -2.41. The summed E-state index contributed by atoms with van der Waals surface area (Å²) < 4.78 is 1.60. The van der Waals surface area contributed by atoms with Gasteiger partial charge in [-0.05, 0) is 31.9 Å². The zero-order chi connectivity index (χ0) is 18.7. The van der Waals surface area contributed by atoms with Crippen molar-refractivity contribution in [2.75, 3.05) is 6.54 Å². The fourth-order valence-corrected chi connectivity index (χ4v) is 3.20. The first-order valence-electron chi connectivity index (χ1n) is 8.68. The molecular weight excluding hydrogens is 354 g/mol. The summed E-state index contributed by atoms with van der Waals surface area (Å²) in [7, 11) is 0. The summed E-state index contributed by atoms with van der Waals surface area (Å²) in [6.45, 7) is 4.81. The van der Waals surface area contributed by atoms with Crippen LogP contribution in [0.5, 0.6) is 0 Å². The van der Waals surface area contributed by atoms with Gasteiger partial charge in [0.2, 0.25) is 5.91 Å². The van der Waals surface area contributed by atoms with Gasteiger partial charge in [-0.15, -0.1) is 5.10 Å². The molecule has 7 nitrogen and oxygen atoms in total. The monoisotopic (exact) mass is 375 g/mol. The third-order valence-corrected chi connectivity index (χ3v) is 4.80. The molecule has 138 valence electrons. The van der Waals surface area contributed by atoms with E-state index in [2.05, 4.69) is 15.6 Å². The molecule has 0 spiro atoms. The van der Waals surface area contributed by atoms with Gasteiger partial charge in [0.1, 0.15) is 0 Å². The summed E-state index contributed by atoms with van der Waals surface area (Å²) in [6.07, 6.45) is 2.89. The zero-order valence-corrected chi connectivity index (χ0v) is 15.6. The zero-order valence-electron chi connectivity index (χ0n) is 14.9. The van der Waals surface area contributed by atoms with E-state index in [1.54, 1.807) is 15.8 Å². The molecule has 3 rings (SSSR count). The van der Waals surface area contributed by atoms with E-state index in [4.69, 9.17) is 11.6 Å². The van der Waals surface area contributed by atoms with Crippen molar-refractivity contribution in [2.45, 2.75) is 45.3 Å². The Morgan fingerprint density at radius 2 is 2.19 bits per heavy atom. The molecule has 26 heavy (non-hydrogen) atoms. The van der Waals surface area contributed by atoms with Gasteiger partial charge < -0.3 is 10.2 Å². The second kappa shape index (κ2) is 7.86. The van der Waals surface area contributed by atoms with Crippen LogP contribution >= 0.6 is 11.6 Å². The number of rotatable bonds is 6. The number of halogens is 1. The van der Waals surface area contributed by atoms with E-state index < -0.39 is 0 Å². The summed E-state index contributed by atoms with van der Waals surface area (Å²) in [5, 5.41) is 11.6. The summed E-state index contributed by atoms with van der Waals surface area (Å²) in [5.74, 6) is -0.150. The molecular formula is C18H22ClN5O2. The van der Waals surface area contributed by atoms with Gasteiger partial charge in [0.05, 0.1) is 12.7 Å². The number of nitrogens with one attached hydrogen (secondary N) is 1. The number of amides is 2. The lowest BCUT2D eigenvalue weighted by molar-refractivity contribution is -0.119. The Morgan fingerprint density at radius 3 is 2.85 bits per heavy atom. The summed E-state index contributed by atoms with van der Waals surface area (Å²) in [5.41, 5.74) is 1.20. The molecule has 0 aliphatic carbocycles. The highest BCUT2D eigenvalue weighted by Crippen LogP contribution is 2.17. The molecule has 1 aliphatic rings. The topological polar surface area (TPSA) is 80.1 Å². The fourth-order valence-electron chi connectivity index (χ4n) is 3.00. The minimum Gasteiger partial charge on any atom is -0.352 e. The van der Waals surface area contributed by atoms with E-state index in [9.17, 15) is 9.59 Å². The molecule has 0 unspecified atom stereocenters. The van der Waals surface area contributed by atoms with E-state index in [0.29, 0.717) is 24.5 Å². The van der Waals surface area contributed by atoms with Gasteiger partial charge in [-0.1, -0.05) is 35.0 Å². The smallest absolute Gasteiger partial charge is 0.276 e. The second-order valence-electron chi connectivity index (χ2n) is 6.75. The van der Waals surface area contributed by atoms with Crippen LogP contribution < -0.4 is 5.32 Å². The number of nitrogens with zero attached hydrogens (tertiary/aromatic N) is 4. The van der Waals surface area contributed by atoms with Crippen molar-refractivity contribution in [1.82, 2.24) is 25.2 Å². The third-order valence-electron chi connectivity index (χ3n) is 4.43. The molecule has 1 aromatic carbocycles. The van der Waals surface area contributed by atoms with E-state index in [-0.39, 0.29) is 29.6 Å². The maximum atomic E-state index is 12.9. The quantitative estimate of drug-likeness (QED) is 0.838. The van der Waals surface area contributed by atoms with Gasteiger partial charge in [-0.2, -0.15) is 0 Å². The largest absolute Gasteiger partial charge is 0.352 e. The second-order valence-corrected chi connectivity index (χ2v) is 7.15. The molecule has 2 heterocycles. The van der Waals surface area contributed by atoms with Crippen LogP contribution in [-0.2, 0) is 11.3 Å². The van der Waals surface area contributed by atoms with E-state index >= 15 is 0 Å². The maximum Gasteiger partial charge on any atom is 0.276 e. The minimum atomic E-state index is -0.188. The normalized spacial score (nSPS) is 16.8. The van der Waals surface area contributed by atoms with Crippen molar-refractivity contribution in [3.8, 4) is 0 Å². The number of hydrogen-bond acceptors (Lipinski definition) is 4. The SMILES string of the molecule is CC(C)N(C[C@H]1CCC(=O)N1)C(=O)c1cn(Cc2ccccc2Cl)nn1. The molecule has 8 heteroatoms. The molecule has 0 radical (unpaired) electrons. The van der Waals surface area contributed by atoms with Crippen molar-refractivity contribution in [3.05, 3.63) is 46.7 Å². The summed E-state index contributed by atoms with van der Waals surface area (Å²) in [6, 6.07) is 7.48. The van der Waals surface area contributed by atoms with Crippen molar-refractivity contribution in [3.63, 3.8) is 0 Å². The first kappa shape index (κ1) is 18.4. The molecule has 1 aromatic heterocycles. The average Bonchev–Trinajstić information content (AvgIpc) is 3.23. The lowest BCUT2D eigenvalue weighted by Crippen LogP contribution is -2.45. The maximum absolute atomic E-state index is 12.9. The van der Waals surface area contributed by atoms with E-state index in [1.165, 1.54) is 0 Å². The highest BCUT2D eigenvalue weighted by Gasteiger charge is 2.28. The molecule has 2 amide bonds. The van der Waals surface area contributed by atoms with Crippen LogP contribution in [0.2, 0.25) is 5.02 Å². The van der Waals surface area contributed by atoms with Gasteiger partial charge in [-0.25, -0.2) is 4.68 Å². The lowest BCUT2D eigenvalue weighted by atomic mass is 10.2. The molecule has 1 N–H and O–H groups in total. The van der Waals surface area contributed by atoms with Gasteiger partial charge >= 0.3 is 0 Å². The summed E-state index contributed by atoms with van der Waals surface area (Å²) >= 11 is 6.17. The Morgan fingerprint density at radius 1 is 1.42 bits per heavy atom. The first-order chi connectivity index (χ1) is 12.4. The standard InChI is InChI=1S/C18H22ClN5O2/c1-12(2)24(10-14-7-8-17(25)20-14)18(26)16-11-23(22-21-16)9-13-5-3-4-6-15(13)19/h3-6,11-12,14H,7-10H2,1-2H3,(H,20,25)/t14-/m1/s1. The third kappa shape index (κ3) is 4.22. The number of benzene rings is 1. The molecule has 1 atom stereocenters. The fraction of sp³-hybridized carbons (Fsp3) is 0.444. The summed E-state index contributed by atoms with van der Waals surface area (Å²) in [4.78, 5) is 26.0. The molecule has 1 fully saturated rings. The average molecular weight is 376 g/mol. The first-order valence-corrected chi connectivity index (χ1v) is 9.05. The van der Waals surface area contributed by atoms with Crippen LogP contribution in [-0.4, -0.2) is 50.3 Å². The minimum absolute atomic E-state index is 0.00581. The number of carbonyl (C=O) groups excluding carboxylic acids is 2. The van der Waals surface area contributed by atoms with Crippen molar-refractivity contribution >= 4 is 23.4 Å². The van der Waals surface area contributed by atoms with Crippen LogP contribution in [0.3, 0.4) is 0 Å². The van der Waals surface area contributed by atoms with Crippen LogP contribution in [0.4, 0.5) is 0 Å². The van der Waals surface area contributed by atoms with Crippen LogP contribution in [0.1, 0.15) is 42.7 Å². The molecule has 2 aromatic rings. The van der Waals surface area contributed by atoms with Crippen LogP contribution in [0, 0.1) is 0 Å². The van der Waals surface area contributed by atoms with E-state index in [0.717, 1.165) is 12.0 Å². The van der Waals surface area contributed by atoms with Gasteiger partial charge in [0, 0.05) is 30.1 Å². The molecule has 0 saturated carbocycles. The number of aromatic nitrogens is 3. The van der Waals surface area contributed by atoms with Crippen molar-refractivity contribution in [1.29, 1.82) is 0 Å². The Bertz CT molecular complexity index is 804.